The van der Waals surface area contributed by atoms with Crippen LogP contribution in [0.1, 0.15) is 24.8 Å². The first kappa shape index (κ1) is 17.7. The lowest BCUT2D eigenvalue weighted by Crippen LogP contribution is -2.42. The largest absolute Gasteiger partial charge is 0.381 e. The number of nitrogens with one attached hydrogen (secondary N) is 1. The third kappa shape index (κ3) is 3.74. The van der Waals surface area contributed by atoms with Crippen molar-refractivity contribution in [3.8, 4) is 6.07 Å². The van der Waals surface area contributed by atoms with E-state index in [9.17, 15) is 10.1 Å². The van der Waals surface area contributed by atoms with Gasteiger partial charge in [0.25, 0.3) is 0 Å². The van der Waals surface area contributed by atoms with Gasteiger partial charge in [-0.05, 0) is 49.9 Å². The number of nitrogens with zero attached hydrogens (tertiary/aromatic N) is 4. The van der Waals surface area contributed by atoms with Crippen LogP contribution in [0.25, 0.3) is 10.9 Å². The van der Waals surface area contributed by atoms with E-state index in [4.69, 9.17) is 0 Å². The summed E-state index contributed by atoms with van der Waals surface area (Å²) in [5.74, 6) is 0.0901. The molecule has 6 heteroatoms. The number of carbonyl (C=O) groups is 1. The summed E-state index contributed by atoms with van der Waals surface area (Å²) in [6.07, 6.45) is 4.58. The van der Waals surface area contributed by atoms with Gasteiger partial charge in [0.1, 0.15) is 6.04 Å². The summed E-state index contributed by atoms with van der Waals surface area (Å²) < 4.78 is 0. The van der Waals surface area contributed by atoms with E-state index >= 15 is 0 Å². The van der Waals surface area contributed by atoms with E-state index in [2.05, 4.69) is 46.4 Å². The molecule has 1 aromatic heterocycles. The third-order valence-electron chi connectivity index (χ3n) is 5.62. The molecule has 0 saturated carbocycles. The van der Waals surface area contributed by atoms with E-state index in [1.54, 1.807) is 4.90 Å². The zero-order valence-electron chi connectivity index (χ0n) is 15.7. The molecule has 1 amide bonds. The lowest BCUT2D eigenvalue weighted by molar-refractivity contribution is -0.132. The molecule has 140 valence electrons. The molecule has 2 saturated heterocycles. The molecule has 0 aliphatic carbocycles. The highest BCUT2D eigenvalue weighted by atomic mass is 16.2. The first-order valence-electron chi connectivity index (χ1n) is 9.67. The van der Waals surface area contributed by atoms with Crippen molar-refractivity contribution in [3.63, 3.8) is 0 Å². The van der Waals surface area contributed by atoms with E-state index in [1.165, 1.54) is 0 Å². The lowest BCUT2D eigenvalue weighted by atomic mass is 10.1. The number of aryl methyl sites for hydroxylation is 1. The molecule has 2 aliphatic heterocycles. The summed E-state index contributed by atoms with van der Waals surface area (Å²) in [4.78, 5) is 20.9. The van der Waals surface area contributed by atoms with Crippen molar-refractivity contribution < 1.29 is 4.79 Å². The summed E-state index contributed by atoms with van der Waals surface area (Å²) in [5.41, 5.74) is 3.31. The van der Waals surface area contributed by atoms with Crippen LogP contribution in [0.3, 0.4) is 0 Å². The highest BCUT2D eigenvalue weighted by molar-refractivity contribution is 5.85. The number of fused-ring (bicyclic) bond motifs is 1. The quantitative estimate of drug-likeness (QED) is 0.904. The SMILES string of the molecule is Cc1cc(N[C@@H]2CCN(CC(=O)N3CCC[C@H]3C#N)C2)cc2cccnc12. The Balaban J connectivity index is 1.36. The second-order valence-corrected chi connectivity index (χ2v) is 7.61. The van der Waals surface area contributed by atoms with Crippen LogP contribution in [-0.2, 0) is 4.79 Å². The highest BCUT2D eigenvalue weighted by Gasteiger charge is 2.31. The number of nitriles is 1. The van der Waals surface area contributed by atoms with E-state index in [1.807, 2.05) is 12.3 Å². The Hall–Kier alpha value is -2.65. The Morgan fingerprint density at radius 3 is 3.11 bits per heavy atom. The number of carbonyl (C=O) groups excluding carboxylic acids is 1. The minimum absolute atomic E-state index is 0.0901. The van der Waals surface area contributed by atoms with Crippen LogP contribution >= 0.6 is 0 Å². The van der Waals surface area contributed by atoms with Crippen LogP contribution in [0, 0.1) is 18.3 Å². The first-order chi connectivity index (χ1) is 13.1. The molecule has 6 nitrogen and oxygen atoms in total. The van der Waals surface area contributed by atoms with Crippen molar-refractivity contribution >= 4 is 22.5 Å². The number of likely N-dealkylation sites (tertiary alicyclic amines) is 2. The van der Waals surface area contributed by atoms with Gasteiger partial charge < -0.3 is 10.2 Å². The van der Waals surface area contributed by atoms with Gasteiger partial charge in [-0.1, -0.05) is 6.07 Å². The third-order valence-corrected chi connectivity index (χ3v) is 5.62. The number of hydrogen-bond acceptors (Lipinski definition) is 5. The second-order valence-electron chi connectivity index (χ2n) is 7.61. The Morgan fingerprint density at radius 2 is 2.26 bits per heavy atom. The number of benzene rings is 1. The molecule has 2 aromatic rings. The smallest absolute Gasteiger partial charge is 0.237 e. The van der Waals surface area contributed by atoms with Gasteiger partial charge in [-0.3, -0.25) is 14.7 Å². The fourth-order valence-corrected chi connectivity index (χ4v) is 4.27. The van der Waals surface area contributed by atoms with Crippen LogP contribution in [0.15, 0.2) is 30.5 Å². The molecule has 1 aromatic carbocycles. The van der Waals surface area contributed by atoms with Gasteiger partial charge in [0, 0.05) is 42.9 Å². The summed E-state index contributed by atoms with van der Waals surface area (Å²) in [6.45, 7) is 4.97. The molecule has 2 atom stereocenters. The zero-order valence-corrected chi connectivity index (χ0v) is 15.7. The summed E-state index contributed by atoms with van der Waals surface area (Å²) in [6, 6.07) is 10.7. The number of amides is 1. The summed E-state index contributed by atoms with van der Waals surface area (Å²) >= 11 is 0. The van der Waals surface area contributed by atoms with Crippen LogP contribution in [0.5, 0.6) is 0 Å². The fraction of sp³-hybridized carbons (Fsp3) is 0.476. The van der Waals surface area contributed by atoms with Crippen LogP contribution in [-0.4, -0.2) is 59.0 Å². The van der Waals surface area contributed by atoms with Crippen molar-refractivity contribution in [3.05, 3.63) is 36.0 Å². The zero-order chi connectivity index (χ0) is 18.8. The van der Waals surface area contributed by atoms with Gasteiger partial charge in [-0.15, -0.1) is 0 Å². The molecule has 2 fully saturated rings. The standard InChI is InChI=1S/C21H25N5O/c1-15-10-18(11-16-4-2-7-23-21(15)16)24-17-6-9-25(13-17)14-20(27)26-8-3-5-19(26)12-22/h2,4,7,10-11,17,19,24H,3,5-6,8-9,13-14H2,1H3/t17-,19+/m1/s1. The average molecular weight is 363 g/mol. The van der Waals surface area contributed by atoms with Crippen molar-refractivity contribution in [2.24, 2.45) is 0 Å². The number of rotatable bonds is 4. The maximum Gasteiger partial charge on any atom is 0.237 e. The van der Waals surface area contributed by atoms with E-state index in [0.29, 0.717) is 12.6 Å². The maximum absolute atomic E-state index is 12.5. The van der Waals surface area contributed by atoms with E-state index in [0.717, 1.165) is 61.1 Å². The number of pyridine rings is 1. The first-order valence-corrected chi connectivity index (χ1v) is 9.67. The van der Waals surface area contributed by atoms with Crippen molar-refractivity contribution in [1.29, 1.82) is 5.26 Å². The predicted molar refractivity (Wildman–Crippen MR) is 105 cm³/mol. The second kappa shape index (κ2) is 7.53. The van der Waals surface area contributed by atoms with Gasteiger partial charge in [0.2, 0.25) is 5.91 Å². The van der Waals surface area contributed by atoms with Crippen molar-refractivity contribution in [1.82, 2.24) is 14.8 Å². The van der Waals surface area contributed by atoms with Gasteiger partial charge in [-0.2, -0.15) is 5.26 Å². The van der Waals surface area contributed by atoms with Crippen LogP contribution < -0.4 is 5.32 Å². The maximum atomic E-state index is 12.5. The normalized spacial score (nSPS) is 22.9. The average Bonchev–Trinajstić information content (AvgIpc) is 3.31. The van der Waals surface area contributed by atoms with Crippen molar-refractivity contribution in [2.75, 3.05) is 31.5 Å². The molecule has 2 aliphatic rings. The summed E-state index contributed by atoms with van der Waals surface area (Å²) in [5, 5.41) is 13.9. The highest BCUT2D eigenvalue weighted by Crippen LogP contribution is 2.24. The molecule has 4 rings (SSSR count). The predicted octanol–water partition coefficient (Wildman–Crippen LogP) is 2.54. The molecule has 0 bridgehead atoms. The molecule has 0 radical (unpaired) electrons. The number of hydrogen-bond donors (Lipinski definition) is 1. The van der Waals surface area contributed by atoms with Crippen LogP contribution in [0.4, 0.5) is 5.69 Å². The van der Waals surface area contributed by atoms with Crippen LogP contribution in [0.2, 0.25) is 0 Å². The van der Waals surface area contributed by atoms with Gasteiger partial charge in [0.05, 0.1) is 18.1 Å². The van der Waals surface area contributed by atoms with Gasteiger partial charge in [0.15, 0.2) is 0 Å². The molecule has 3 heterocycles. The molecular formula is C21H25N5O. The minimum atomic E-state index is -0.233. The van der Waals surface area contributed by atoms with Gasteiger partial charge in [-0.25, -0.2) is 0 Å². The molecule has 0 spiro atoms. The molecule has 1 N–H and O–H groups in total. The Labute approximate surface area is 159 Å². The Kier molecular flexibility index (Phi) is 4.95. The van der Waals surface area contributed by atoms with Crippen molar-refractivity contribution in [2.45, 2.75) is 38.3 Å². The Morgan fingerprint density at radius 1 is 1.37 bits per heavy atom. The monoisotopic (exact) mass is 363 g/mol. The topological polar surface area (TPSA) is 72.3 Å². The Bertz CT molecular complexity index is 890. The molecular weight excluding hydrogens is 338 g/mol. The minimum Gasteiger partial charge on any atom is -0.381 e. The van der Waals surface area contributed by atoms with E-state index < -0.39 is 0 Å². The fourth-order valence-electron chi connectivity index (χ4n) is 4.27. The van der Waals surface area contributed by atoms with E-state index in [-0.39, 0.29) is 11.9 Å². The lowest BCUT2D eigenvalue weighted by Gasteiger charge is -2.23. The number of anilines is 1. The molecule has 27 heavy (non-hydrogen) atoms. The number of aromatic nitrogens is 1. The summed E-state index contributed by atoms with van der Waals surface area (Å²) in [7, 11) is 0. The van der Waals surface area contributed by atoms with Gasteiger partial charge >= 0.3 is 0 Å². The molecule has 0 unspecified atom stereocenters.